The molecule has 5 nitrogen and oxygen atoms in total. The van der Waals surface area contributed by atoms with Gasteiger partial charge in [0, 0.05) is 12.1 Å². The Bertz CT molecular complexity index is 910. The number of para-hydroxylation sites is 1. The Kier molecular flexibility index (Phi) is 3.39. The van der Waals surface area contributed by atoms with Crippen molar-refractivity contribution < 1.29 is 14.3 Å². The molecule has 5 heteroatoms. The second kappa shape index (κ2) is 5.37. The number of anilines is 1. The van der Waals surface area contributed by atoms with Crippen LogP contribution in [-0.4, -0.2) is 10.9 Å². The summed E-state index contributed by atoms with van der Waals surface area (Å²) in [5.74, 6) is -0.839. The molecule has 0 unspecified atom stereocenters. The molecule has 0 aliphatic rings. The molecule has 0 saturated heterocycles. The molecular weight excluding hydrogens is 282 g/mol. The highest BCUT2D eigenvalue weighted by molar-refractivity contribution is 6.03. The number of benzene rings is 2. The third-order valence-electron chi connectivity index (χ3n) is 3.41. The molecule has 3 rings (SSSR count). The lowest BCUT2D eigenvalue weighted by Gasteiger charge is -2.06. The van der Waals surface area contributed by atoms with Crippen LogP contribution in [0.25, 0.3) is 11.0 Å². The van der Waals surface area contributed by atoms with Crippen LogP contribution in [0.2, 0.25) is 0 Å². The summed E-state index contributed by atoms with van der Waals surface area (Å²) < 4.78 is 5.10. The fourth-order valence-corrected chi connectivity index (χ4v) is 2.29. The molecule has 0 spiro atoms. The molecule has 0 saturated carbocycles. The van der Waals surface area contributed by atoms with Crippen LogP contribution in [-0.2, 0) is 6.42 Å². The summed E-state index contributed by atoms with van der Waals surface area (Å²) in [7, 11) is 0. The van der Waals surface area contributed by atoms with Gasteiger partial charge in [0.05, 0.1) is 5.39 Å². The van der Waals surface area contributed by atoms with E-state index >= 15 is 0 Å². The minimum absolute atomic E-state index is 0.0169. The number of fused-ring (bicyclic) bond motifs is 1. The SMILES string of the molecule is Nc1ccc(CC(=O)c2c(O)c3ccccc3oc2=O)cc1. The average molecular weight is 295 g/mol. The predicted octanol–water partition coefficient (Wildman–Crippen LogP) is 2.51. The van der Waals surface area contributed by atoms with Gasteiger partial charge in [0.1, 0.15) is 16.9 Å². The van der Waals surface area contributed by atoms with Crippen molar-refractivity contribution in [3.63, 3.8) is 0 Å². The first-order chi connectivity index (χ1) is 10.6. The number of carbonyl (C=O) groups is 1. The molecular formula is C17H13NO4. The molecule has 0 fully saturated rings. The van der Waals surface area contributed by atoms with Crippen molar-refractivity contribution in [2.24, 2.45) is 0 Å². The molecule has 110 valence electrons. The Hall–Kier alpha value is -3.08. The van der Waals surface area contributed by atoms with Gasteiger partial charge in [-0.1, -0.05) is 24.3 Å². The normalized spacial score (nSPS) is 10.7. The molecule has 3 N–H and O–H groups in total. The summed E-state index contributed by atoms with van der Waals surface area (Å²) in [5, 5.41) is 10.6. The van der Waals surface area contributed by atoms with Crippen LogP contribution in [0.5, 0.6) is 5.75 Å². The maximum absolute atomic E-state index is 12.3. The highest BCUT2D eigenvalue weighted by Crippen LogP contribution is 2.26. The van der Waals surface area contributed by atoms with Crippen molar-refractivity contribution in [1.82, 2.24) is 0 Å². The van der Waals surface area contributed by atoms with Crippen molar-refractivity contribution in [3.05, 3.63) is 70.1 Å². The molecule has 1 aromatic heterocycles. The fourth-order valence-electron chi connectivity index (χ4n) is 2.29. The van der Waals surface area contributed by atoms with Crippen molar-refractivity contribution in [2.75, 3.05) is 5.73 Å². The largest absolute Gasteiger partial charge is 0.506 e. The van der Waals surface area contributed by atoms with Gasteiger partial charge in [-0.15, -0.1) is 0 Å². The molecule has 0 aliphatic carbocycles. The Labute approximate surface area is 125 Å². The number of nitrogens with two attached hydrogens (primary N) is 1. The monoisotopic (exact) mass is 295 g/mol. The van der Waals surface area contributed by atoms with Crippen LogP contribution < -0.4 is 11.4 Å². The van der Waals surface area contributed by atoms with Crippen LogP contribution in [0, 0.1) is 0 Å². The first kappa shape index (κ1) is 13.9. The van der Waals surface area contributed by atoms with E-state index in [4.69, 9.17) is 10.2 Å². The minimum Gasteiger partial charge on any atom is -0.506 e. The molecule has 22 heavy (non-hydrogen) atoms. The number of aromatic hydroxyl groups is 1. The summed E-state index contributed by atoms with van der Waals surface area (Å²) >= 11 is 0. The summed E-state index contributed by atoms with van der Waals surface area (Å²) in [6.45, 7) is 0. The van der Waals surface area contributed by atoms with E-state index in [0.29, 0.717) is 16.6 Å². The Balaban J connectivity index is 2.04. The lowest BCUT2D eigenvalue weighted by Crippen LogP contribution is -2.16. The second-order valence-electron chi connectivity index (χ2n) is 4.95. The highest BCUT2D eigenvalue weighted by atomic mass is 16.4. The number of hydrogen-bond donors (Lipinski definition) is 2. The maximum Gasteiger partial charge on any atom is 0.351 e. The zero-order valence-electron chi connectivity index (χ0n) is 11.6. The van der Waals surface area contributed by atoms with E-state index in [1.165, 1.54) is 0 Å². The van der Waals surface area contributed by atoms with Gasteiger partial charge in [-0.25, -0.2) is 4.79 Å². The average Bonchev–Trinajstić information content (AvgIpc) is 2.49. The van der Waals surface area contributed by atoms with Gasteiger partial charge in [0.15, 0.2) is 5.78 Å². The highest BCUT2D eigenvalue weighted by Gasteiger charge is 2.20. The quantitative estimate of drug-likeness (QED) is 0.440. The van der Waals surface area contributed by atoms with Gasteiger partial charge in [-0.2, -0.15) is 0 Å². The topological polar surface area (TPSA) is 93.5 Å². The Morgan fingerprint density at radius 1 is 1.09 bits per heavy atom. The number of nitrogen functional groups attached to an aromatic ring is 1. The van der Waals surface area contributed by atoms with E-state index in [0.717, 1.165) is 0 Å². The zero-order chi connectivity index (χ0) is 15.7. The van der Waals surface area contributed by atoms with E-state index in [1.807, 2.05) is 0 Å². The Morgan fingerprint density at radius 2 is 1.77 bits per heavy atom. The third kappa shape index (κ3) is 2.44. The van der Waals surface area contributed by atoms with Gasteiger partial charge in [-0.05, 0) is 29.8 Å². The van der Waals surface area contributed by atoms with Crippen molar-refractivity contribution in [2.45, 2.75) is 6.42 Å². The van der Waals surface area contributed by atoms with E-state index in [2.05, 4.69) is 0 Å². The van der Waals surface area contributed by atoms with Gasteiger partial charge in [0.25, 0.3) is 0 Å². The van der Waals surface area contributed by atoms with Crippen LogP contribution in [0.4, 0.5) is 5.69 Å². The molecule has 2 aromatic carbocycles. The van der Waals surface area contributed by atoms with E-state index < -0.39 is 11.4 Å². The number of carbonyl (C=O) groups excluding carboxylic acids is 1. The summed E-state index contributed by atoms with van der Waals surface area (Å²) in [4.78, 5) is 24.3. The molecule has 0 bridgehead atoms. The molecule has 0 aliphatic heterocycles. The summed E-state index contributed by atoms with van der Waals surface area (Å²) in [5.41, 5.74) is 5.96. The van der Waals surface area contributed by atoms with Gasteiger partial charge < -0.3 is 15.3 Å². The van der Waals surface area contributed by atoms with Crippen molar-refractivity contribution in [1.29, 1.82) is 0 Å². The Morgan fingerprint density at radius 3 is 2.50 bits per heavy atom. The first-order valence-corrected chi connectivity index (χ1v) is 6.68. The van der Waals surface area contributed by atoms with Gasteiger partial charge in [-0.3, -0.25) is 4.79 Å². The molecule has 0 radical (unpaired) electrons. The van der Waals surface area contributed by atoms with E-state index in [-0.39, 0.29) is 23.3 Å². The minimum atomic E-state index is -0.836. The van der Waals surface area contributed by atoms with Gasteiger partial charge >= 0.3 is 5.63 Å². The molecule has 0 atom stereocenters. The van der Waals surface area contributed by atoms with Crippen molar-refractivity contribution in [3.8, 4) is 5.75 Å². The standard InChI is InChI=1S/C17H13NO4/c18-11-7-5-10(6-8-11)9-13(19)15-16(20)12-3-1-2-4-14(12)22-17(15)21/h1-8,20H,9,18H2. The van der Waals surface area contributed by atoms with Crippen molar-refractivity contribution >= 4 is 22.4 Å². The molecule has 1 heterocycles. The number of Topliss-reactive ketones (excluding diaryl/α,β-unsaturated/α-hetero) is 1. The maximum atomic E-state index is 12.3. The fraction of sp³-hybridized carbons (Fsp3) is 0.0588. The summed E-state index contributed by atoms with van der Waals surface area (Å²) in [6, 6.07) is 13.3. The van der Waals surface area contributed by atoms with Crippen LogP contribution >= 0.6 is 0 Å². The van der Waals surface area contributed by atoms with Gasteiger partial charge in [0.2, 0.25) is 0 Å². The second-order valence-corrected chi connectivity index (χ2v) is 4.95. The number of hydrogen-bond acceptors (Lipinski definition) is 5. The summed E-state index contributed by atoms with van der Waals surface area (Å²) in [6.07, 6.45) is -0.0169. The first-order valence-electron chi connectivity index (χ1n) is 6.68. The number of rotatable bonds is 3. The molecule has 3 aromatic rings. The van der Waals surface area contributed by atoms with Crippen LogP contribution in [0.3, 0.4) is 0 Å². The third-order valence-corrected chi connectivity index (χ3v) is 3.41. The predicted molar refractivity (Wildman–Crippen MR) is 83.0 cm³/mol. The van der Waals surface area contributed by atoms with E-state index in [9.17, 15) is 14.7 Å². The molecule has 0 amide bonds. The van der Waals surface area contributed by atoms with Crippen LogP contribution in [0.1, 0.15) is 15.9 Å². The lowest BCUT2D eigenvalue weighted by molar-refractivity contribution is 0.0987. The smallest absolute Gasteiger partial charge is 0.351 e. The van der Waals surface area contributed by atoms with Crippen LogP contribution in [0.15, 0.2) is 57.7 Å². The van der Waals surface area contributed by atoms with E-state index in [1.54, 1.807) is 48.5 Å². The lowest BCUT2D eigenvalue weighted by atomic mass is 10.0. The zero-order valence-corrected chi connectivity index (χ0v) is 11.6. The number of ketones is 1.